The zero-order valence-electron chi connectivity index (χ0n) is 10.5. The van der Waals surface area contributed by atoms with E-state index >= 15 is 0 Å². The van der Waals surface area contributed by atoms with Gasteiger partial charge in [-0.25, -0.2) is 4.39 Å². The van der Waals surface area contributed by atoms with E-state index in [2.05, 4.69) is 10.2 Å². The third-order valence-corrected chi connectivity index (χ3v) is 3.09. The standard InChI is InChI=1S/C13H19FN2O2/c1-15-7-10-6-11(14)2-3-13(10)16-4-5-18-12(8-16)9-17/h2-3,6,12,15,17H,4-5,7-9H2,1H3. The molecule has 2 N–H and O–H groups in total. The van der Waals surface area contributed by atoms with Crippen molar-refractivity contribution in [3.8, 4) is 0 Å². The lowest BCUT2D eigenvalue weighted by Crippen LogP contribution is -2.44. The van der Waals surface area contributed by atoms with Crippen LogP contribution in [0.2, 0.25) is 0 Å². The summed E-state index contributed by atoms with van der Waals surface area (Å²) in [6.07, 6.45) is -0.161. The first kappa shape index (κ1) is 13.3. The maximum atomic E-state index is 13.3. The number of hydrogen-bond acceptors (Lipinski definition) is 4. The van der Waals surface area contributed by atoms with Crippen LogP contribution in [0.15, 0.2) is 18.2 Å². The highest BCUT2D eigenvalue weighted by Gasteiger charge is 2.21. The summed E-state index contributed by atoms with van der Waals surface area (Å²) in [6, 6.07) is 4.81. The van der Waals surface area contributed by atoms with Crippen molar-refractivity contribution in [2.24, 2.45) is 0 Å². The molecule has 18 heavy (non-hydrogen) atoms. The molecule has 0 spiro atoms. The lowest BCUT2D eigenvalue weighted by Gasteiger charge is -2.35. The summed E-state index contributed by atoms with van der Waals surface area (Å²) in [5.74, 6) is -0.226. The Morgan fingerprint density at radius 2 is 2.39 bits per heavy atom. The summed E-state index contributed by atoms with van der Waals surface area (Å²) in [4.78, 5) is 2.14. The maximum Gasteiger partial charge on any atom is 0.123 e. The number of anilines is 1. The fourth-order valence-corrected chi connectivity index (χ4v) is 2.24. The van der Waals surface area contributed by atoms with Crippen molar-refractivity contribution in [1.82, 2.24) is 5.32 Å². The lowest BCUT2D eigenvalue weighted by atomic mass is 10.1. The molecule has 1 fully saturated rings. The number of ether oxygens (including phenoxy) is 1. The number of aliphatic hydroxyl groups excluding tert-OH is 1. The van der Waals surface area contributed by atoms with Gasteiger partial charge >= 0.3 is 0 Å². The predicted octanol–water partition coefficient (Wildman–Crippen LogP) is 0.743. The maximum absolute atomic E-state index is 13.3. The van der Waals surface area contributed by atoms with Crippen LogP contribution < -0.4 is 10.2 Å². The van der Waals surface area contributed by atoms with Crippen LogP contribution in [-0.2, 0) is 11.3 Å². The van der Waals surface area contributed by atoms with Gasteiger partial charge in [0.25, 0.3) is 0 Å². The largest absolute Gasteiger partial charge is 0.394 e. The molecule has 1 aliphatic rings. The smallest absolute Gasteiger partial charge is 0.123 e. The molecule has 100 valence electrons. The lowest BCUT2D eigenvalue weighted by molar-refractivity contribution is 0.00352. The molecule has 0 radical (unpaired) electrons. The van der Waals surface area contributed by atoms with Gasteiger partial charge in [0.05, 0.1) is 19.3 Å². The number of nitrogens with zero attached hydrogens (tertiary/aromatic N) is 1. The van der Waals surface area contributed by atoms with Gasteiger partial charge < -0.3 is 20.1 Å². The number of nitrogens with one attached hydrogen (secondary N) is 1. The monoisotopic (exact) mass is 254 g/mol. The summed E-state index contributed by atoms with van der Waals surface area (Å²) in [7, 11) is 1.84. The molecule has 1 unspecified atom stereocenters. The summed E-state index contributed by atoms with van der Waals surface area (Å²) in [5, 5.41) is 12.2. The van der Waals surface area contributed by atoms with Crippen molar-refractivity contribution >= 4 is 5.69 Å². The Morgan fingerprint density at radius 1 is 1.56 bits per heavy atom. The highest BCUT2D eigenvalue weighted by Crippen LogP contribution is 2.23. The third-order valence-electron chi connectivity index (χ3n) is 3.09. The Morgan fingerprint density at radius 3 is 3.11 bits per heavy atom. The quantitative estimate of drug-likeness (QED) is 0.832. The highest BCUT2D eigenvalue weighted by molar-refractivity contribution is 5.54. The van der Waals surface area contributed by atoms with Crippen molar-refractivity contribution in [3.63, 3.8) is 0 Å². The van der Waals surface area contributed by atoms with Crippen LogP contribution in [0.4, 0.5) is 10.1 Å². The van der Waals surface area contributed by atoms with Gasteiger partial charge in [-0.05, 0) is 30.8 Å². The van der Waals surface area contributed by atoms with Crippen LogP contribution in [-0.4, -0.2) is 44.6 Å². The van der Waals surface area contributed by atoms with Gasteiger partial charge in [-0.1, -0.05) is 0 Å². The number of rotatable bonds is 4. The van der Waals surface area contributed by atoms with Crippen LogP contribution in [0.3, 0.4) is 0 Å². The molecular weight excluding hydrogens is 235 g/mol. The zero-order chi connectivity index (χ0) is 13.0. The van der Waals surface area contributed by atoms with Gasteiger partial charge in [-0.15, -0.1) is 0 Å². The summed E-state index contributed by atoms with van der Waals surface area (Å²) >= 11 is 0. The minimum absolute atomic E-state index is 0.0130. The molecule has 4 nitrogen and oxygen atoms in total. The van der Waals surface area contributed by atoms with Crippen LogP contribution in [0.25, 0.3) is 0 Å². The van der Waals surface area contributed by atoms with E-state index in [9.17, 15) is 4.39 Å². The molecule has 2 rings (SSSR count). The van der Waals surface area contributed by atoms with Crippen molar-refractivity contribution in [2.45, 2.75) is 12.6 Å². The Balaban J connectivity index is 2.20. The fourth-order valence-electron chi connectivity index (χ4n) is 2.24. The van der Waals surface area contributed by atoms with Crippen molar-refractivity contribution in [1.29, 1.82) is 0 Å². The second-order valence-electron chi connectivity index (χ2n) is 4.42. The minimum Gasteiger partial charge on any atom is -0.394 e. The second kappa shape index (κ2) is 6.13. The van der Waals surface area contributed by atoms with E-state index in [1.54, 1.807) is 12.1 Å². The Kier molecular flexibility index (Phi) is 4.52. The molecule has 0 aliphatic carbocycles. The van der Waals surface area contributed by atoms with Gasteiger partial charge in [-0.3, -0.25) is 0 Å². The highest BCUT2D eigenvalue weighted by atomic mass is 19.1. The first-order valence-electron chi connectivity index (χ1n) is 6.15. The predicted molar refractivity (Wildman–Crippen MR) is 68.2 cm³/mol. The topological polar surface area (TPSA) is 44.7 Å². The van der Waals surface area contributed by atoms with Gasteiger partial charge in [0, 0.05) is 25.3 Å². The molecular formula is C13H19FN2O2. The summed E-state index contributed by atoms with van der Waals surface area (Å²) in [5.41, 5.74) is 1.93. The van der Waals surface area contributed by atoms with E-state index in [0.29, 0.717) is 19.7 Å². The van der Waals surface area contributed by atoms with E-state index in [1.807, 2.05) is 7.05 Å². The number of hydrogen-bond donors (Lipinski definition) is 2. The molecule has 0 aromatic heterocycles. The van der Waals surface area contributed by atoms with Crippen molar-refractivity contribution in [3.05, 3.63) is 29.6 Å². The average Bonchev–Trinajstić information content (AvgIpc) is 2.39. The molecule has 1 saturated heterocycles. The van der Waals surface area contributed by atoms with E-state index in [0.717, 1.165) is 17.8 Å². The fraction of sp³-hybridized carbons (Fsp3) is 0.538. The number of halogens is 1. The normalized spacial score (nSPS) is 20.2. The van der Waals surface area contributed by atoms with Crippen LogP contribution >= 0.6 is 0 Å². The van der Waals surface area contributed by atoms with E-state index < -0.39 is 0 Å². The average molecular weight is 254 g/mol. The Hall–Kier alpha value is -1.17. The number of aliphatic hydroxyl groups is 1. The number of morpholine rings is 1. The van der Waals surface area contributed by atoms with Gasteiger partial charge in [0.1, 0.15) is 5.82 Å². The third kappa shape index (κ3) is 2.98. The van der Waals surface area contributed by atoms with Gasteiger partial charge in [0.2, 0.25) is 0 Å². The van der Waals surface area contributed by atoms with Gasteiger partial charge in [0.15, 0.2) is 0 Å². The van der Waals surface area contributed by atoms with Crippen LogP contribution in [0, 0.1) is 5.82 Å². The minimum atomic E-state index is -0.226. The first-order valence-corrected chi connectivity index (χ1v) is 6.15. The van der Waals surface area contributed by atoms with E-state index in [1.165, 1.54) is 6.07 Å². The Labute approximate surface area is 106 Å². The molecule has 0 amide bonds. The molecule has 1 aromatic carbocycles. The Bertz CT molecular complexity index is 401. The molecule has 0 saturated carbocycles. The molecule has 1 aliphatic heterocycles. The molecule has 5 heteroatoms. The summed E-state index contributed by atoms with van der Waals surface area (Å²) < 4.78 is 18.7. The SMILES string of the molecule is CNCc1cc(F)ccc1N1CCOC(CO)C1. The van der Waals surface area contributed by atoms with E-state index in [-0.39, 0.29) is 18.5 Å². The van der Waals surface area contributed by atoms with Crippen LogP contribution in [0.5, 0.6) is 0 Å². The van der Waals surface area contributed by atoms with Crippen LogP contribution in [0.1, 0.15) is 5.56 Å². The molecule has 1 aromatic rings. The molecule has 0 bridgehead atoms. The van der Waals surface area contributed by atoms with Crippen molar-refractivity contribution in [2.75, 3.05) is 38.3 Å². The van der Waals surface area contributed by atoms with Gasteiger partial charge in [-0.2, -0.15) is 0 Å². The molecule has 1 atom stereocenters. The summed E-state index contributed by atoms with van der Waals surface area (Å²) in [6.45, 7) is 2.62. The molecule has 1 heterocycles. The van der Waals surface area contributed by atoms with Crippen molar-refractivity contribution < 1.29 is 14.2 Å². The zero-order valence-corrected chi connectivity index (χ0v) is 10.5. The second-order valence-corrected chi connectivity index (χ2v) is 4.42. The van der Waals surface area contributed by atoms with E-state index in [4.69, 9.17) is 9.84 Å². The number of benzene rings is 1. The first-order chi connectivity index (χ1) is 8.74.